The number of hydrogen-bond acceptors (Lipinski definition) is 6. The van der Waals surface area contributed by atoms with Crippen molar-refractivity contribution in [3.8, 4) is 17.0 Å². The van der Waals surface area contributed by atoms with Crippen LogP contribution in [0.15, 0.2) is 84.2 Å². The number of nitrogens with zero attached hydrogens (tertiary/aromatic N) is 1. The zero-order valence-electron chi connectivity index (χ0n) is 17.1. The molecule has 0 aliphatic rings. The summed E-state index contributed by atoms with van der Waals surface area (Å²) in [6.45, 7) is 0. The SMILES string of the molecule is COc1ccc(-c2csc(NC(=O)c3ccc(C(=O)C(=O)c4ccccc4)cc3)n2)cc1. The van der Waals surface area contributed by atoms with Crippen LogP contribution < -0.4 is 10.1 Å². The largest absolute Gasteiger partial charge is 0.497 e. The Bertz CT molecular complexity index is 1260. The van der Waals surface area contributed by atoms with Crippen LogP contribution in [0.3, 0.4) is 0 Å². The highest BCUT2D eigenvalue weighted by atomic mass is 32.1. The number of methoxy groups -OCH3 is 1. The summed E-state index contributed by atoms with van der Waals surface area (Å²) in [6.07, 6.45) is 0. The average molecular weight is 442 g/mol. The molecule has 0 bridgehead atoms. The van der Waals surface area contributed by atoms with Gasteiger partial charge in [0.05, 0.1) is 12.8 Å². The normalized spacial score (nSPS) is 10.4. The summed E-state index contributed by atoms with van der Waals surface area (Å²) in [4.78, 5) is 41.8. The van der Waals surface area contributed by atoms with Crippen molar-refractivity contribution in [3.05, 3.63) is 101 Å². The molecule has 6 nitrogen and oxygen atoms in total. The summed E-state index contributed by atoms with van der Waals surface area (Å²) in [6, 6.07) is 21.8. The number of thiazole rings is 1. The predicted octanol–water partition coefficient (Wildman–Crippen LogP) is 5.14. The van der Waals surface area contributed by atoms with E-state index in [1.165, 1.54) is 35.6 Å². The number of nitrogens with one attached hydrogen (secondary N) is 1. The second-order valence-electron chi connectivity index (χ2n) is 6.82. The van der Waals surface area contributed by atoms with Crippen molar-refractivity contribution in [3.63, 3.8) is 0 Å². The molecule has 1 N–H and O–H groups in total. The van der Waals surface area contributed by atoms with Crippen molar-refractivity contribution >= 4 is 33.9 Å². The molecule has 0 unspecified atom stereocenters. The number of Topliss-reactive ketones (excluding diaryl/α,β-unsaturated/α-hetero) is 2. The first-order valence-electron chi connectivity index (χ1n) is 9.70. The van der Waals surface area contributed by atoms with E-state index in [-0.39, 0.29) is 11.5 Å². The molecule has 1 amide bonds. The van der Waals surface area contributed by atoms with Gasteiger partial charge in [0, 0.05) is 27.6 Å². The van der Waals surface area contributed by atoms with Crippen molar-refractivity contribution in [1.82, 2.24) is 4.98 Å². The zero-order valence-corrected chi connectivity index (χ0v) is 17.9. The van der Waals surface area contributed by atoms with E-state index >= 15 is 0 Å². The van der Waals surface area contributed by atoms with Crippen LogP contribution in [0.5, 0.6) is 5.75 Å². The van der Waals surface area contributed by atoms with Gasteiger partial charge in [0.1, 0.15) is 5.75 Å². The number of rotatable bonds is 7. The van der Waals surface area contributed by atoms with E-state index in [2.05, 4.69) is 10.3 Å². The number of anilines is 1. The van der Waals surface area contributed by atoms with Gasteiger partial charge in [0.2, 0.25) is 11.6 Å². The lowest BCUT2D eigenvalue weighted by Gasteiger charge is -2.04. The molecule has 0 saturated carbocycles. The summed E-state index contributed by atoms with van der Waals surface area (Å²) in [5.41, 5.74) is 2.57. The van der Waals surface area contributed by atoms with Crippen LogP contribution in [-0.4, -0.2) is 29.6 Å². The Hall–Kier alpha value is -4.10. The lowest BCUT2D eigenvalue weighted by atomic mass is 10.0. The van der Waals surface area contributed by atoms with Gasteiger partial charge >= 0.3 is 0 Å². The first-order chi connectivity index (χ1) is 15.5. The molecule has 3 aromatic carbocycles. The molecule has 0 spiro atoms. The number of carbonyl (C=O) groups is 3. The van der Waals surface area contributed by atoms with E-state index < -0.39 is 11.6 Å². The Morgan fingerprint density at radius 2 is 1.38 bits per heavy atom. The minimum absolute atomic E-state index is 0.228. The quantitative estimate of drug-likeness (QED) is 0.317. The summed E-state index contributed by atoms with van der Waals surface area (Å²) >= 11 is 1.31. The topological polar surface area (TPSA) is 85.4 Å². The Kier molecular flexibility index (Phi) is 6.19. The van der Waals surface area contributed by atoms with Crippen LogP contribution in [0.1, 0.15) is 31.1 Å². The van der Waals surface area contributed by atoms with Crippen molar-refractivity contribution in [2.24, 2.45) is 0 Å². The fourth-order valence-corrected chi connectivity index (χ4v) is 3.73. The second-order valence-corrected chi connectivity index (χ2v) is 7.68. The Morgan fingerprint density at radius 3 is 2.00 bits per heavy atom. The monoisotopic (exact) mass is 442 g/mol. The van der Waals surface area contributed by atoms with Gasteiger partial charge in [0.25, 0.3) is 5.91 Å². The average Bonchev–Trinajstić information content (AvgIpc) is 3.32. The molecular formula is C25H18N2O4S. The molecule has 0 aliphatic heterocycles. The molecule has 32 heavy (non-hydrogen) atoms. The lowest BCUT2D eigenvalue weighted by Crippen LogP contribution is -2.15. The van der Waals surface area contributed by atoms with E-state index in [9.17, 15) is 14.4 Å². The standard InChI is InChI=1S/C25H18N2O4S/c1-31-20-13-11-16(12-14-20)21-15-32-25(26-21)27-24(30)19-9-7-18(8-10-19)23(29)22(28)17-5-3-2-4-6-17/h2-15H,1H3,(H,26,27,30). The maximum Gasteiger partial charge on any atom is 0.257 e. The fourth-order valence-electron chi connectivity index (χ4n) is 3.02. The molecule has 1 heterocycles. The van der Waals surface area contributed by atoms with Gasteiger partial charge < -0.3 is 4.74 Å². The Labute approximate surface area is 188 Å². The molecule has 0 fully saturated rings. The van der Waals surface area contributed by atoms with Crippen LogP contribution in [0.25, 0.3) is 11.3 Å². The van der Waals surface area contributed by atoms with E-state index in [0.717, 1.165) is 17.0 Å². The minimum Gasteiger partial charge on any atom is -0.497 e. The summed E-state index contributed by atoms with van der Waals surface area (Å²) in [7, 11) is 1.61. The highest BCUT2D eigenvalue weighted by molar-refractivity contribution is 7.14. The van der Waals surface area contributed by atoms with Gasteiger partial charge in [-0.25, -0.2) is 4.98 Å². The van der Waals surface area contributed by atoms with Crippen molar-refractivity contribution in [2.45, 2.75) is 0 Å². The number of carbonyl (C=O) groups excluding carboxylic acids is 3. The third-order valence-electron chi connectivity index (χ3n) is 4.76. The number of amides is 1. The summed E-state index contributed by atoms with van der Waals surface area (Å²) < 4.78 is 5.16. The zero-order chi connectivity index (χ0) is 22.5. The number of ether oxygens (including phenoxy) is 1. The number of ketones is 2. The smallest absolute Gasteiger partial charge is 0.257 e. The molecule has 1 aromatic heterocycles. The van der Waals surface area contributed by atoms with Gasteiger partial charge in [-0.1, -0.05) is 42.5 Å². The van der Waals surface area contributed by atoms with Crippen LogP contribution in [-0.2, 0) is 0 Å². The number of hydrogen-bond donors (Lipinski definition) is 1. The minimum atomic E-state index is -0.618. The summed E-state index contributed by atoms with van der Waals surface area (Å²) in [5, 5.41) is 5.07. The third kappa shape index (κ3) is 4.63. The maximum atomic E-state index is 12.6. The van der Waals surface area contributed by atoms with E-state index in [1.54, 1.807) is 37.4 Å². The van der Waals surface area contributed by atoms with E-state index in [1.807, 2.05) is 29.6 Å². The van der Waals surface area contributed by atoms with E-state index in [4.69, 9.17) is 4.74 Å². The number of aromatic nitrogens is 1. The summed E-state index contributed by atoms with van der Waals surface area (Å²) in [5.74, 6) is -0.803. The van der Waals surface area contributed by atoms with Gasteiger partial charge in [-0.15, -0.1) is 11.3 Å². The molecule has 0 atom stereocenters. The molecule has 4 rings (SSSR count). The molecule has 0 aliphatic carbocycles. The molecule has 158 valence electrons. The van der Waals surface area contributed by atoms with Gasteiger partial charge in [-0.3, -0.25) is 19.7 Å². The lowest BCUT2D eigenvalue weighted by molar-refractivity contribution is 0.0817. The predicted molar refractivity (Wildman–Crippen MR) is 124 cm³/mol. The van der Waals surface area contributed by atoms with Gasteiger partial charge in [0.15, 0.2) is 5.13 Å². The Morgan fingerprint density at radius 1 is 0.781 bits per heavy atom. The second kappa shape index (κ2) is 9.36. The van der Waals surface area contributed by atoms with Gasteiger partial charge in [-0.2, -0.15) is 0 Å². The first-order valence-corrected chi connectivity index (χ1v) is 10.6. The van der Waals surface area contributed by atoms with Crippen LogP contribution in [0.2, 0.25) is 0 Å². The first kappa shape index (κ1) is 21.1. The van der Waals surface area contributed by atoms with E-state index in [0.29, 0.717) is 16.3 Å². The fraction of sp³-hybridized carbons (Fsp3) is 0.0400. The molecule has 7 heteroatoms. The molecular weight excluding hydrogens is 424 g/mol. The van der Waals surface area contributed by atoms with Crippen molar-refractivity contribution in [2.75, 3.05) is 12.4 Å². The molecule has 0 radical (unpaired) electrons. The van der Waals surface area contributed by atoms with Gasteiger partial charge in [-0.05, 0) is 36.4 Å². The molecule has 0 saturated heterocycles. The highest BCUT2D eigenvalue weighted by Crippen LogP contribution is 2.26. The van der Waals surface area contributed by atoms with Crippen molar-refractivity contribution in [1.29, 1.82) is 0 Å². The third-order valence-corrected chi connectivity index (χ3v) is 5.52. The van der Waals surface area contributed by atoms with Crippen LogP contribution >= 0.6 is 11.3 Å². The van der Waals surface area contributed by atoms with Crippen LogP contribution in [0, 0.1) is 0 Å². The number of benzene rings is 3. The van der Waals surface area contributed by atoms with Crippen LogP contribution in [0.4, 0.5) is 5.13 Å². The molecule has 4 aromatic rings. The highest BCUT2D eigenvalue weighted by Gasteiger charge is 2.18. The van der Waals surface area contributed by atoms with Crippen molar-refractivity contribution < 1.29 is 19.1 Å². The maximum absolute atomic E-state index is 12.6. The Balaban J connectivity index is 1.42.